The van der Waals surface area contributed by atoms with Crippen LogP contribution in [0.2, 0.25) is 0 Å². The van der Waals surface area contributed by atoms with E-state index in [1.165, 1.54) is 10.7 Å². The number of pyridine rings is 1. The van der Waals surface area contributed by atoms with Crippen LogP contribution >= 0.6 is 0 Å². The first-order chi connectivity index (χ1) is 18.8. The molecule has 0 saturated carbocycles. The van der Waals surface area contributed by atoms with Crippen molar-refractivity contribution in [3.63, 3.8) is 0 Å². The molecule has 1 amide bonds. The number of imidazole rings is 1. The summed E-state index contributed by atoms with van der Waals surface area (Å²) < 4.78 is 44.4. The Morgan fingerprint density at radius 1 is 1.10 bits per heavy atom. The number of rotatable bonds is 5. The summed E-state index contributed by atoms with van der Waals surface area (Å²) in [6.07, 6.45) is 2.11. The molecule has 0 spiro atoms. The van der Waals surface area contributed by atoms with Gasteiger partial charge < -0.3 is 20.2 Å². The largest absolute Gasteiger partial charge is 0.391 e. The predicted molar refractivity (Wildman–Crippen MR) is 139 cm³/mol. The topological polar surface area (TPSA) is 98.9 Å². The zero-order valence-corrected chi connectivity index (χ0v) is 21.1. The number of anilines is 3. The van der Waals surface area contributed by atoms with Gasteiger partial charge in [0.1, 0.15) is 29.3 Å². The molecule has 3 aromatic heterocycles. The first-order valence-corrected chi connectivity index (χ1v) is 12.7. The van der Waals surface area contributed by atoms with E-state index in [9.17, 15) is 23.1 Å². The van der Waals surface area contributed by atoms with Gasteiger partial charge in [0.15, 0.2) is 11.5 Å². The van der Waals surface area contributed by atoms with Crippen molar-refractivity contribution in [1.29, 1.82) is 0 Å². The van der Waals surface area contributed by atoms with Gasteiger partial charge in [-0.15, -0.1) is 5.10 Å². The molecule has 0 unspecified atom stereocenters. The van der Waals surface area contributed by atoms with E-state index in [2.05, 4.69) is 20.4 Å². The minimum Gasteiger partial charge on any atom is -0.391 e. The second-order valence-electron chi connectivity index (χ2n) is 9.97. The molecule has 9 nitrogen and oxygen atoms in total. The molecule has 1 aromatic carbocycles. The molecule has 4 aromatic rings. The number of hydrogen-bond donors (Lipinski definition) is 2. The van der Waals surface area contributed by atoms with Crippen molar-refractivity contribution in [2.24, 2.45) is 0 Å². The summed E-state index contributed by atoms with van der Waals surface area (Å²) in [5.74, 6) is -1.08. The van der Waals surface area contributed by atoms with Crippen LogP contribution in [-0.2, 0) is 0 Å². The van der Waals surface area contributed by atoms with Crippen molar-refractivity contribution in [2.45, 2.75) is 38.1 Å². The van der Waals surface area contributed by atoms with Gasteiger partial charge in [0.05, 0.1) is 36.8 Å². The molecule has 0 bridgehead atoms. The summed E-state index contributed by atoms with van der Waals surface area (Å²) in [4.78, 5) is 25.4. The van der Waals surface area contributed by atoms with Crippen molar-refractivity contribution in [3.8, 4) is 0 Å². The summed E-state index contributed by atoms with van der Waals surface area (Å²) >= 11 is 0. The average Bonchev–Trinajstić information content (AvgIpc) is 3.63. The highest BCUT2D eigenvalue weighted by Gasteiger charge is 2.36. The van der Waals surface area contributed by atoms with E-state index in [1.54, 1.807) is 30.2 Å². The van der Waals surface area contributed by atoms with Crippen LogP contribution in [0.1, 0.15) is 40.5 Å². The number of β-amino-alcohol motifs (C(OH)–C–C–N with tert-alkyl or cyclic N) is 1. The quantitative estimate of drug-likeness (QED) is 0.399. The number of benzene rings is 1. The van der Waals surface area contributed by atoms with Gasteiger partial charge in [-0.25, -0.2) is 23.1 Å². The number of aromatic nitrogens is 4. The number of aliphatic hydroxyl groups excluding tert-OH is 1. The Bertz CT molecular complexity index is 1560. The molecule has 12 heteroatoms. The second-order valence-corrected chi connectivity index (χ2v) is 9.97. The minimum absolute atomic E-state index is 0.00899. The normalized spacial score (nSPS) is 21.2. The number of nitrogens with one attached hydrogen (secondary N) is 1. The molecule has 5 heterocycles. The highest BCUT2D eigenvalue weighted by molar-refractivity contribution is 6.03. The number of fused-ring (bicyclic) bond motifs is 1. The molecule has 6 rings (SSSR count). The first kappa shape index (κ1) is 25.1. The maximum absolute atomic E-state index is 14.6. The van der Waals surface area contributed by atoms with E-state index in [0.717, 1.165) is 30.4 Å². The van der Waals surface area contributed by atoms with E-state index in [-0.39, 0.29) is 36.1 Å². The highest BCUT2D eigenvalue weighted by atomic mass is 19.1. The van der Waals surface area contributed by atoms with Crippen LogP contribution in [-0.4, -0.2) is 62.5 Å². The van der Waals surface area contributed by atoms with Crippen molar-refractivity contribution in [2.75, 3.05) is 34.8 Å². The van der Waals surface area contributed by atoms with Gasteiger partial charge in [0, 0.05) is 25.1 Å². The maximum Gasteiger partial charge on any atom is 0.275 e. The third-order valence-corrected chi connectivity index (χ3v) is 7.26. The number of aliphatic hydroxyl groups is 1. The summed E-state index contributed by atoms with van der Waals surface area (Å²) in [5.41, 5.74) is 2.23. The lowest BCUT2D eigenvalue weighted by Gasteiger charge is -2.26. The third kappa shape index (κ3) is 4.76. The van der Waals surface area contributed by atoms with Gasteiger partial charge in [-0.2, -0.15) is 4.52 Å². The number of alkyl halides is 1. The number of hydrogen-bond acceptors (Lipinski definition) is 7. The van der Waals surface area contributed by atoms with Gasteiger partial charge in [0.25, 0.3) is 5.91 Å². The fourth-order valence-corrected chi connectivity index (χ4v) is 5.33. The number of aryl methyl sites for hydroxylation is 1. The van der Waals surface area contributed by atoms with Gasteiger partial charge in [-0.05, 0) is 55.3 Å². The number of nitrogens with zero attached hydrogens (tertiary/aromatic N) is 6. The molecule has 3 atom stereocenters. The standard InChI is InChI=1S/C27H26F3N7O2/c1-15-8-18(35-7-6-19(38)14-35)11-32-26(15)27(39)33-25-12-31-23-4-5-24(34-37(23)25)36-13-17(29)10-22(36)20-9-16(28)2-3-21(20)30/h2-5,8-9,11-12,17,19,22,38H,6-7,10,13-14H2,1H3,(H,33,39)/t17-,19-,22+/m0/s1. The number of carbonyl (C=O) groups is 1. The Balaban J connectivity index is 1.26. The van der Waals surface area contributed by atoms with E-state index in [4.69, 9.17) is 0 Å². The maximum atomic E-state index is 14.6. The molecule has 0 radical (unpaired) electrons. The Morgan fingerprint density at radius 2 is 1.95 bits per heavy atom. The highest BCUT2D eigenvalue weighted by Crippen LogP contribution is 2.38. The molecule has 2 aliphatic rings. The zero-order chi connectivity index (χ0) is 27.3. The lowest BCUT2D eigenvalue weighted by atomic mass is 10.0. The van der Waals surface area contributed by atoms with Gasteiger partial charge in [-0.1, -0.05) is 0 Å². The lowest BCUT2D eigenvalue weighted by Crippen LogP contribution is -2.26. The molecule has 202 valence electrons. The molecular formula is C27H26F3N7O2. The van der Waals surface area contributed by atoms with Gasteiger partial charge >= 0.3 is 0 Å². The monoisotopic (exact) mass is 537 g/mol. The predicted octanol–water partition coefficient (Wildman–Crippen LogP) is 3.82. The number of carbonyl (C=O) groups excluding carboxylic acids is 1. The van der Waals surface area contributed by atoms with Crippen LogP contribution in [0.3, 0.4) is 0 Å². The van der Waals surface area contributed by atoms with Crippen LogP contribution in [0, 0.1) is 18.6 Å². The Labute approximate surface area is 221 Å². The van der Waals surface area contributed by atoms with Crippen LogP contribution in [0.15, 0.2) is 48.8 Å². The van der Waals surface area contributed by atoms with Crippen molar-refractivity contribution in [1.82, 2.24) is 19.6 Å². The van der Waals surface area contributed by atoms with Gasteiger partial charge in [-0.3, -0.25) is 4.79 Å². The van der Waals surface area contributed by atoms with Gasteiger partial charge in [0.2, 0.25) is 0 Å². The summed E-state index contributed by atoms with van der Waals surface area (Å²) in [5, 5.41) is 17.1. The molecular weight excluding hydrogens is 511 g/mol. The molecule has 2 fully saturated rings. The number of halogens is 3. The average molecular weight is 538 g/mol. The van der Waals surface area contributed by atoms with Crippen molar-refractivity contribution in [3.05, 3.63) is 77.2 Å². The van der Waals surface area contributed by atoms with E-state index >= 15 is 0 Å². The van der Waals surface area contributed by atoms with Crippen LogP contribution in [0.4, 0.5) is 30.5 Å². The minimum atomic E-state index is -1.25. The Kier molecular flexibility index (Phi) is 6.34. The SMILES string of the molecule is Cc1cc(N2CC[C@H](O)C2)cnc1C(=O)Nc1cnc2ccc(N3C[C@@H](F)C[C@@H]3c3cc(F)ccc3F)nn12. The molecule has 2 saturated heterocycles. The zero-order valence-electron chi connectivity index (χ0n) is 21.1. The second kappa shape index (κ2) is 9.84. The van der Waals surface area contributed by atoms with E-state index in [0.29, 0.717) is 30.0 Å². The summed E-state index contributed by atoms with van der Waals surface area (Å²) in [7, 11) is 0. The lowest BCUT2D eigenvalue weighted by molar-refractivity contribution is 0.102. The molecule has 0 aliphatic carbocycles. The smallest absolute Gasteiger partial charge is 0.275 e. The van der Waals surface area contributed by atoms with Crippen LogP contribution in [0.5, 0.6) is 0 Å². The van der Waals surface area contributed by atoms with E-state index in [1.807, 2.05) is 11.0 Å². The third-order valence-electron chi connectivity index (χ3n) is 7.26. The fraction of sp³-hybridized carbons (Fsp3) is 0.333. The molecule has 39 heavy (non-hydrogen) atoms. The number of amides is 1. The van der Waals surface area contributed by atoms with Crippen LogP contribution in [0.25, 0.3) is 5.65 Å². The van der Waals surface area contributed by atoms with Crippen molar-refractivity contribution < 1.29 is 23.1 Å². The van der Waals surface area contributed by atoms with Crippen molar-refractivity contribution >= 4 is 28.9 Å². The molecule has 2 N–H and O–H groups in total. The Morgan fingerprint density at radius 3 is 2.72 bits per heavy atom. The first-order valence-electron chi connectivity index (χ1n) is 12.7. The summed E-state index contributed by atoms with van der Waals surface area (Å²) in [6, 6.07) is 7.55. The molecule has 2 aliphatic heterocycles. The fourth-order valence-electron chi connectivity index (χ4n) is 5.33. The summed E-state index contributed by atoms with van der Waals surface area (Å²) in [6.45, 7) is 2.99. The van der Waals surface area contributed by atoms with Crippen LogP contribution < -0.4 is 15.1 Å². The van der Waals surface area contributed by atoms with E-state index < -0.39 is 29.8 Å². The Hall–Kier alpha value is -4.19.